The Morgan fingerprint density at radius 1 is 1.19 bits per heavy atom. The van der Waals surface area contributed by atoms with E-state index >= 15 is 0 Å². The smallest absolute Gasteiger partial charge is 0.347 e. The van der Waals surface area contributed by atoms with Crippen LogP contribution in [0.1, 0.15) is 53.2 Å². The molecule has 2 heterocycles. The molecule has 0 aliphatic heterocycles. The maximum absolute atomic E-state index is 12.4. The van der Waals surface area contributed by atoms with Crippen LogP contribution in [0.3, 0.4) is 0 Å². The molecule has 0 amide bonds. The molecule has 3 rings (SSSR count). The van der Waals surface area contributed by atoms with Crippen molar-refractivity contribution in [1.29, 1.82) is 0 Å². The fraction of sp³-hybridized carbons (Fsp3) is 0.316. The number of esters is 1. The highest BCUT2D eigenvalue weighted by atomic mass is 79.9. The molecular weight excluding hydrogens is 404 g/mol. The number of Topliss-reactive ketones (excluding diaryl/α,β-unsaturated/α-hetero) is 1. The molecule has 0 radical (unpaired) electrons. The zero-order chi connectivity index (χ0) is 19.0. The van der Waals surface area contributed by atoms with Crippen molar-refractivity contribution in [2.45, 2.75) is 33.6 Å². The van der Waals surface area contributed by atoms with Crippen LogP contribution in [0.5, 0.6) is 0 Å². The van der Waals surface area contributed by atoms with E-state index in [-0.39, 0.29) is 35.5 Å². The molecule has 6 nitrogen and oxygen atoms in total. The van der Waals surface area contributed by atoms with E-state index < -0.39 is 11.6 Å². The van der Waals surface area contributed by atoms with Crippen molar-refractivity contribution in [3.8, 4) is 0 Å². The highest BCUT2D eigenvalue weighted by molar-refractivity contribution is 9.10. The SMILES string of the molecule is CCCC(=O)c1cc2c(oc1=O)c(Br)cc1oc(C)c(C(=O)OCC)c12. The van der Waals surface area contributed by atoms with Crippen molar-refractivity contribution in [1.82, 2.24) is 0 Å². The lowest BCUT2D eigenvalue weighted by atomic mass is 10.0. The molecule has 26 heavy (non-hydrogen) atoms. The molecule has 0 N–H and O–H groups in total. The average molecular weight is 421 g/mol. The molecule has 0 fully saturated rings. The summed E-state index contributed by atoms with van der Waals surface area (Å²) in [7, 11) is 0. The Bertz CT molecular complexity index is 1090. The van der Waals surface area contributed by atoms with Crippen molar-refractivity contribution in [2.75, 3.05) is 6.61 Å². The number of carbonyl (C=O) groups is 2. The number of carbonyl (C=O) groups excluding carboxylic acids is 2. The number of hydrogen-bond donors (Lipinski definition) is 0. The van der Waals surface area contributed by atoms with Crippen LogP contribution < -0.4 is 5.63 Å². The second-order valence-electron chi connectivity index (χ2n) is 5.85. The number of aryl methyl sites for hydroxylation is 1. The fourth-order valence-electron chi connectivity index (χ4n) is 2.96. The van der Waals surface area contributed by atoms with Gasteiger partial charge in [-0.05, 0) is 48.3 Å². The van der Waals surface area contributed by atoms with Crippen molar-refractivity contribution in [3.05, 3.63) is 43.9 Å². The Labute approximate surface area is 157 Å². The quantitative estimate of drug-likeness (QED) is 0.335. The van der Waals surface area contributed by atoms with Gasteiger partial charge in [0.1, 0.15) is 22.5 Å². The van der Waals surface area contributed by atoms with Gasteiger partial charge in [-0.3, -0.25) is 4.79 Å². The van der Waals surface area contributed by atoms with E-state index in [1.54, 1.807) is 19.9 Å². The second kappa shape index (κ2) is 7.07. The Morgan fingerprint density at radius 3 is 2.58 bits per heavy atom. The number of benzene rings is 1. The van der Waals surface area contributed by atoms with Crippen LogP contribution in [0.25, 0.3) is 21.9 Å². The topological polar surface area (TPSA) is 86.7 Å². The van der Waals surface area contributed by atoms with Gasteiger partial charge in [0.05, 0.1) is 11.1 Å². The summed E-state index contributed by atoms with van der Waals surface area (Å²) in [6.45, 7) is 5.45. The Balaban J connectivity index is 2.42. The minimum atomic E-state index is -0.700. The lowest BCUT2D eigenvalue weighted by Gasteiger charge is -2.06. The van der Waals surface area contributed by atoms with E-state index in [9.17, 15) is 14.4 Å². The van der Waals surface area contributed by atoms with E-state index in [1.165, 1.54) is 6.07 Å². The first-order chi connectivity index (χ1) is 12.4. The second-order valence-corrected chi connectivity index (χ2v) is 6.70. The summed E-state index contributed by atoms with van der Waals surface area (Å²) in [6.07, 6.45) is 0.853. The monoisotopic (exact) mass is 420 g/mol. The third-order valence-corrected chi connectivity index (χ3v) is 4.65. The summed E-state index contributed by atoms with van der Waals surface area (Å²) in [5, 5.41) is 0.918. The third kappa shape index (κ3) is 2.96. The molecule has 136 valence electrons. The molecule has 0 unspecified atom stereocenters. The Kier molecular flexibility index (Phi) is 5.00. The molecule has 3 aromatic rings. The lowest BCUT2D eigenvalue weighted by Crippen LogP contribution is -2.14. The molecule has 0 atom stereocenters. The van der Waals surface area contributed by atoms with Gasteiger partial charge in [0.2, 0.25) is 0 Å². The maximum Gasteiger partial charge on any atom is 0.347 e. The van der Waals surface area contributed by atoms with Gasteiger partial charge in [-0.25, -0.2) is 9.59 Å². The largest absolute Gasteiger partial charge is 0.462 e. The van der Waals surface area contributed by atoms with Crippen molar-refractivity contribution in [3.63, 3.8) is 0 Å². The highest BCUT2D eigenvalue weighted by Crippen LogP contribution is 2.37. The number of furan rings is 1. The van der Waals surface area contributed by atoms with Crippen LogP contribution in [0, 0.1) is 6.92 Å². The number of fused-ring (bicyclic) bond motifs is 3. The normalized spacial score (nSPS) is 11.2. The molecule has 1 aromatic carbocycles. The first-order valence-electron chi connectivity index (χ1n) is 8.28. The molecule has 0 saturated carbocycles. The summed E-state index contributed by atoms with van der Waals surface area (Å²) >= 11 is 3.35. The van der Waals surface area contributed by atoms with Crippen molar-refractivity contribution < 1.29 is 23.2 Å². The number of hydrogen-bond acceptors (Lipinski definition) is 6. The maximum atomic E-state index is 12.4. The standard InChI is InChI=1S/C19H17BrO6/c1-4-6-13(21)10-7-11-16-14(8-12(20)17(11)26-18(10)22)25-9(3)15(16)19(23)24-5-2/h7-8H,4-6H2,1-3H3. The van der Waals surface area contributed by atoms with E-state index in [1.807, 2.05) is 6.92 Å². The van der Waals surface area contributed by atoms with Crippen LogP contribution in [0.4, 0.5) is 0 Å². The van der Waals surface area contributed by atoms with Crippen LogP contribution in [0.15, 0.2) is 30.2 Å². The molecule has 0 bridgehead atoms. The fourth-order valence-corrected chi connectivity index (χ4v) is 3.46. The minimum absolute atomic E-state index is 0.0348. The number of rotatable bonds is 5. The van der Waals surface area contributed by atoms with Crippen LogP contribution in [-0.2, 0) is 4.74 Å². The average Bonchev–Trinajstić information content (AvgIpc) is 2.91. The van der Waals surface area contributed by atoms with Gasteiger partial charge in [0.25, 0.3) is 0 Å². The van der Waals surface area contributed by atoms with Crippen LogP contribution >= 0.6 is 15.9 Å². The van der Waals surface area contributed by atoms with Gasteiger partial charge < -0.3 is 13.6 Å². The molecule has 2 aromatic heterocycles. The minimum Gasteiger partial charge on any atom is -0.462 e. The van der Waals surface area contributed by atoms with Gasteiger partial charge in [-0.15, -0.1) is 0 Å². The Morgan fingerprint density at radius 2 is 1.92 bits per heavy atom. The number of ether oxygens (including phenoxy) is 1. The molecule has 0 aliphatic rings. The zero-order valence-corrected chi connectivity index (χ0v) is 16.2. The molecular formula is C19H17BrO6. The van der Waals surface area contributed by atoms with Crippen LogP contribution in [0.2, 0.25) is 0 Å². The van der Waals surface area contributed by atoms with E-state index in [2.05, 4.69) is 15.9 Å². The van der Waals surface area contributed by atoms with Crippen molar-refractivity contribution >= 4 is 49.6 Å². The van der Waals surface area contributed by atoms with E-state index in [4.69, 9.17) is 13.6 Å². The van der Waals surface area contributed by atoms with Gasteiger partial charge in [0, 0.05) is 17.2 Å². The first kappa shape index (κ1) is 18.4. The number of ketones is 1. The molecule has 0 spiro atoms. The third-order valence-electron chi connectivity index (χ3n) is 4.06. The summed E-state index contributed by atoms with van der Waals surface area (Å²) in [5.74, 6) is -0.431. The predicted molar refractivity (Wildman–Crippen MR) is 99.9 cm³/mol. The predicted octanol–water partition coefficient (Wildman–Crippen LogP) is 4.77. The zero-order valence-electron chi connectivity index (χ0n) is 14.6. The molecule has 7 heteroatoms. The van der Waals surface area contributed by atoms with Gasteiger partial charge in [-0.1, -0.05) is 6.92 Å². The van der Waals surface area contributed by atoms with Gasteiger partial charge >= 0.3 is 11.6 Å². The molecule has 0 aliphatic carbocycles. The van der Waals surface area contributed by atoms with Gasteiger partial charge in [-0.2, -0.15) is 0 Å². The van der Waals surface area contributed by atoms with Gasteiger partial charge in [0.15, 0.2) is 11.4 Å². The summed E-state index contributed by atoms with van der Waals surface area (Å²) in [5.41, 5.74) is 0.220. The van der Waals surface area contributed by atoms with E-state index in [0.29, 0.717) is 33.0 Å². The summed E-state index contributed by atoms with van der Waals surface area (Å²) in [6, 6.07) is 3.10. The summed E-state index contributed by atoms with van der Waals surface area (Å²) < 4.78 is 16.7. The first-order valence-corrected chi connectivity index (χ1v) is 9.08. The van der Waals surface area contributed by atoms with Crippen LogP contribution in [-0.4, -0.2) is 18.4 Å². The lowest BCUT2D eigenvalue weighted by molar-refractivity contribution is 0.0526. The highest BCUT2D eigenvalue weighted by Gasteiger charge is 2.25. The van der Waals surface area contributed by atoms with Crippen molar-refractivity contribution in [2.24, 2.45) is 0 Å². The van der Waals surface area contributed by atoms with E-state index in [0.717, 1.165) is 0 Å². The number of halogens is 1. The Hall–Kier alpha value is -2.41. The summed E-state index contributed by atoms with van der Waals surface area (Å²) in [4.78, 5) is 36.9. The molecule has 0 saturated heterocycles.